The van der Waals surface area contributed by atoms with E-state index in [0.29, 0.717) is 24.1 Å². The van der Waals surface area contributed by atoms with E-state index in [9.17, 15) is 9.59 Å². The first kappa shape index (κ1) is 14.2. The topological polar surface area (TPSA) is 84.2 Å². The van der Waals surface area contributed by atoms with Gasteiger partial charge >= 0.3 is 5.97 Å². The van der Waals surface area contributed by atoms with Gasteiger partial charge in [0, 0.05) is 12.7 Å². The Labute approximate surface area is 106 Å². The fourth-order valence-electron chi connectivity index (χ4n) is 1.88. The zero-order valence-electron chi connectivity index (χ0n) is 11.1. The van der Waals surface area contributed by atoms with Crippen LogP contribution in [0.2, 0.25) is 0 Å². The molecule has 0 radical (unpaired) electrons. The zero-order valence-corrected chi connectivity index (χ0v) is 11.1. The number of rotatable bonds is 5. The SMILES string of the molecule is CCCC(NC(=O)c1c(C)nn(C)c1C)C(=O)O. The second-order valence-electron chi connectivity index (χ2n) is 4.32. The van der Waals surface area contributed by atoms with E-state index in [1.807, 2.05) is 6.92 Å². The number of carboxylic acid groups (broad SMARTS) is 1. The fourth-order valence-corrected chi connectivity index (χ4v) is 1.88. The van der Waals surface area contributed by atoms with Crippen LogP contribution in [0.1, 0.15) is 41.5 Å². The van der Waals surface area contributed by atoms with Crippen LogP contribution in [0.4, 0.5) is 0 Å². The van der Waals surface area contributed by atoms with Crippen LogP contribution in [0, 0.1) is 13.8 Å². The van der Waals surface area contributed by atoms with Crippen molar-refractivity contribution in [2.24, 2.45) is 7.05 Å². The first-order valence-corrected chi connectivity index (χ1v) is 5.92. The van der Waals surface area contributed by atoms with E-state index in [0.717, 1.165) is 5.69 Å². The molecule has 0 aliphatic rings. The van der Waals surface area contributed by atoms with Crippen molar-refractivity contribution in [3.05, 3.63) is 17.0 Å². The van der Waals surface area contributed by atoms with Crippen molar-refractivity contribution < 1.29 is 14.7 Å². The average Bonchev–Trinajstić information content (AvgIpc) is 2.52. The van der Waals surface area contributed by atoms with Crippen LogP contribution in [0.15, 0.2) is 0 Å². The minimum Gasteiger partial charge on any atom is -0.480 e. The highest BCUT2D eigenvalue weighted by molar-refractivity contribution is 5.98. The number of carbonyl (C=O) groups excluding carboxylic acids is 1. The van der Waals surface area contributed by atoms with E-state index in [1.54, 1.807) is 25.6 Å². The van der Waals surface area contributed by atoms with Crippen molar-refractivity contribution in [2.45, 2.75) is 39.7 Å². The zero-order chi connectivity index (χ0) is 13.9. The number of aryl methyl sites for hydroxylation is 2. The molecule has 100 valence electrons. The molecule has 1 rings (SSSR count). The van der Waals surface area contributed by atoms with Crippen LogP contribution in [0.5, 0.6) is 0 Å². The summed E-state index contributed by atoms with van der Waals surface area (Å²) in [6.45, 7) is 5.39. The molecule has 1 unspecified atom stereocenters. The molecule has 18 heavy (non-hydrogen) atoms. The molecule has 0 aliphatic carbocycles. The maximum absolute atomic E-state index is 12.1. The summed E-state index contributed by atoms with van der Waals surface area (Å²) in [6, 6.07) is -0.846. The van der Waals surface area contributed by atoms with Gasteiger partial charge in [0.2, 0.25) is 0 Å². The molecular weight excluding hydrogens is 234 g/mol. The standard InChI is InChI=1S/C12H19N3O3/c1-5-6-9(12(17)18)13-11(16)10-7(2)14-15(4)8(10)3/h9H,5-6H2,1-4H3,(H,13,16)(H,17,18). The lowest BCUT2D eigenvalue weighted by molar-refractivity contribution is -0.139. The maximum Gasteiger partial charge on any atom is 0.326 e. The highest BCUT2D eigenvalue weighted by Crippen LogP contribution is 2.12. The van der Waals surface area contributed by atoms with Crippen molar-refractivity contribution in [3.8, 4) is 0 Å². The third-order valence-electron chi connectivity index (χ3n) is 2.92. The smallest absolute Gasteiger partial charge is 0.326 e. The number of carboxylic acids is 1. The summed E-state index contributed by atoms with van der Waals surface area (Å²) in [4.78, 5) is 23.1. The average molecular weight is 253 g/mol. The largest absolute Gasteiger partial charge is 0.480 e. The molecule has 1 heterocycles. The molecule has 1 amide bonds. The number of nitrogens with one attached hydrogen (secondary N) is 1. The number of nitrogens with zero attached hydrogens (tertiary/aromatic N) is 2. The Morgan fingerprint density at radius 1 is 1.44 bits per heavy atom. The lowest BCUT2D eigenvalue weighted by atomic mass is 10.1. The maximum atomic E-state index is 12.1. The van der Waals surface area contributed by atoms with E-state index in [1.165, 1.54) is 0 Å². The third-order valence-corrected chi connectivity index (χ3v) is 2.92. The minimum absolute atomic E-state index is 0.376. The molecule has 0 fully saturated rings. The van der Waals surface area contributed by atoms with Gasteiger partial charge in [0.15, 0.2) is 0 Å². The quantitative estimate of drug-likeness (QED) is 0.820. The molecule has 6 heteroatoms. The monoisotopic (exact) mass is 253 g/mol. The molecule has 2 N–H and O–H groups in total. The van der Waals surface area contributed by atoms with Crippen LogP contribution in [0.25, 0.3) is 0 Å². The van der Waals surface area contributed by atoms with Crippen molar-refractivity contribution in [1.29, 1.82) is 0 Å². The van der Waals surface area contributed by atoms with Crippen molar-refractivity contribution in [1.82, 2.24) is 15.1 Å². The summed E-state index contributed by atoms with van der Waals surface area (Å²) in [6.07, 6.45) is 1.11. The Hall–Kier alpha value is -1.85. The minimum atomic E-state index is -1.01. The Balaban J connectivity index is 2.90. The normalized spacial score (nSPS) is 12.2. The van der Waals surface area contributed by atoms with Gasteiger partial charge in [-0.1, -0.05) is 13.3 Å². The van der Waals surface area contributed by atoms with Gasteiger partial charge in [-0.3, -0.25) is 9.48 Å². The Morgan fingerprint density at radius 3 is 2.44 bits per heavy atom. The van der Waals surface area contributed by atoms with Gasteiger partial charge in [-0.15, -0.1) is 0 Å². The molecule has 0 aliphatic heterocycles. The predicted molar refractivity (Wildman–Crippen MR) is 66.5 cm³/mol. The van der Waals surface area contributed by atoms with Gasteiger partial charge < -0.3 is 10.4 Å². The summed E-state index contributed by atoms with van der Waals surface area (Å²) >= 11 is 0. The Kier molecular flexibility index (Phi) is 4.47. The van der Waals surface area contributed by atoms with E-state index in [2.05, 4.69) is 10.4 Å². The van der Waals surface area contributed by atoms with Crippen molar-refractivity contribution in [2.75, 3.05) is 0 Å². The van der Waals surface area contributed by atoms with E-state index >= 15 is 0 Å². The molecule has 1 atom stereocenters. The van der Waals surface area contributed by atoms with Crippen molar-refractivity contribution >= 4 is 11.9 Å². The van der Waals surface area contributed by atoms with Crippen LogP contribution in [-0.4, -0.2) is 32.8 Å². The molecule has 1 aromatic rings. The molecular formula is C12H19N3O3. The lowest BCUT2D eigenvalue weighted by Gasteiger charge is -2.13. The number of carbonyl (C=O) groups is 2. The van der Waals surface area contributed by atoms with Gasteiger partial charge in [0.05, 0.1) is 11.3 Å². The first-order valence-electron chi connectivity index (χ1n) is 5.92. The van der Waals surface area contributed by atoms with Gasteiger partial charge in [-0.25, -0.2) is 4.79 Å². The van der Waals surface area contributed by atoms with Crippen molar-refractivity contribution in [3.63, 3.8) is 0 Å². The first-order chi connectivity index (χ1) is 8.38. The van der Waals surface area contributed by atoms with Crippen LogP contribution in [-0.2, 0) is 11.8 Å². The molecule has 1 aromatic heterocycles. The molecule has 0 bridgehead atoms. The molecule has 0 saturated carbocycles. The summed E-state index contributed by atoms with van der Waals surface area (Å²) < 4.78 is 1.61. The lowest BCUT2D eigenvalue weighted by Crippen LogP contribution is -2.41. The summed E-state index contributed by atoms with van der Waals surface area (Å²) in [5, 5.41) is 15.7. The third kappa shape index (κ3) is 2.88. The molecule has 0 saturated heterocycles. The Morgan fingerprint density at radius 2 is 2.06 bits per heavy atom. The summed E-state index contributed by atoms with van der Waals surface area (Å²) in [5.74, 6) is -1.39. The van der Waals surface area contributed by atoms with Crippen LogP contribution < -0.4 is 5.32 Å². The van der Waals surface area contributed by atoms with Gasteiger partial charge in [-0.05, 0) is 20.3 Å². The number of aliphatic carboxylic acids is 1. The fraction of sp³-hybridized carbons (Fsp3) is 0.583. The highest BCUT2D eigenvalue weighted by atomic mass is 16.4. The van der Waals surface area contributed by atoms with Gasteiger partial charge in [0.25, 0.3) is 5.91 Å². The number of aromatic nitrogens is 2. The number of hydrogen-bond acceptors (Lipinski definition) is 3. The van der Waals surface area contributed by atoms with Crippen LogP contribution >= 0.6 is 0 Å². The van der Waals surface area contributed by atoms with E-state index < -0.39 is 12.0 Å². The second kappa shape index (κ2) is 5.66. The van der Waals surface area contributed by atoms with E-state index in [-0.39, 0.29) is 5.91 Å². The summed E-state index contributed by atoms with van der Waals surface area (Å²) in [7, 11) is 1.75. The highest BCUT2D eigenvalue weighted by Gasteiger charge is 2.23. The second-order valence-corrected chi connectivity index (χ2v) is 4.32. The number of hydrogen-bond donors (Lipinski definition) is 2. The Bertz CT molecular complexity index is 465. The molecule has 6 nitrogen and oxygen atoms in total. The van der Waals surface area contributed by atoms with Gasteiger partial charge in [-0.2, -0.15) is 5.10 Å². The molecule has 0 aromatic carbocycles. The molecule has 0 spiro atoms. The van der Waals surface area contributed by atoms with Crippen LogP contribution in [0.3, 0.4) is 0 Å². The van der Waals surface area contributed by atoms with E-state index in [4.69, 9.17) is 5.11 Å². The number of amides is 1. The summed E-state index contributed by atoms with van der Waals surface area (Å²) in [5.41, 5.74) is 1.79. The van der Waals surface area contributed by atoms with Gasteiger partial charge in [0.1, 0.15) is 6.04 Å². The predicted octanol–water partition coefficient (Wildman–Crippen LogP) is 1.02.